The summed E-state index contributed by atoms with van der Waals surface area (Å²) in [5.41, 5.74) is 0.229. The van der Waals surface area contributed by atoms with Crippen molar-refractivity contribution in [1.82, 2.24) is 10.2 Å². The molecule has 21 heavy (non-hydrogen) atoms. The van der Waals surface area contributed by atoms with E-state index in [9.17, 15) is 13.2 Å². The number of nitrogens with zero attached hydrogens (tertiary/aromatic N) is 1. The van der Waals surface area contributed by atoms with Crippen molar-refractivity contribution in [2.24, 2.45) is 0 Å². The lowest BCUT2D eigenvalue weighted by molar-refractivity contribution is -0.137. The van der Waals surface area contributed by atoms with Crippen molar-refractivity contribution in [2.75, 3.05) is 20.1 Å². The van der Waals surface area contributed by atoms with E-state index >= 15 is 0 Å². The molecule has 1 saturated heterocycles. The molecule has 1 unspecified atom stereocenters. The molecule has 1 aromatic carbocycles. The van der Waals surface area contributed by atoms with Crippen LogP contribution in [-0.2, 0) is 6.18 Å². The molecule has 0 spiro atoms. The molecule has 5 heteroatoms. The Kier molecular flexibility index (Phi) is 4.63. The van der Waals surface area contributed by atoms with Crippen molar-refractivity contribution in [1.29, 1.82) is 0 Å². The van der Waals surface area contributed by atoms with Crippen molar-refractivity contribution < 1.29 is 13.2 Å². The zero-order valence-electron chi connectivity index (χ0n) is 12.8. The highest BCUT2D eigenvalue weighted by molar-refractivity contribution is 5.28. The van der Waals surface area contributed by atoms with Gasteiger partial charge in [-0.3, -0.25) is 4.90 Å². The molecule has 0 aliphatic carbocycles. The minimum atomic E-state index is -4.29. The van der Waals surface area contributed by atoms with Crippen LogP contribution in [-0.4, -0.2) is 30.6 Å². The van der Waals surface area contributed by atoms with E-state index in [0.717, 1.165) is 32.0 Å². The molecule has 0 amide bonds. The Labute approximate surface area is 124 Å². The maximum Gasteiger partial charge on any atom is 0.416 e. The molecule has 1 aromatic rings. The van der Waals surface area contributed by atoms with Crippen molar-refractivity contribution >= 4 is 0 Å². The summed E-state index contributed by atoms with van der Waals surface area (Å²) in [6, 6.07) is 5.53. The van der Waals surface area contributed by atoms with Crippen LogP contribution in [0.3, 0.4) is 0 Å². The highest BCUT2D eigenvalue weighted by Crippen LogP contribution is 2.33. The van der Waals surface area contributed by atoms with E-state index in [4.69, 9.17) is 0 Å². The second-order valence-electron chi connectivity index (χ2n) is 6.33. The Bertz CT molecular complexity index is 483. The lowest BCUT2D eigenvalue weighted by Gasteiger charge is -2.34. The van der Waals surface area contributed by atoms with Crippen molar-refractivity contribution in [3.63, 3.8) is 0 Å². The third-order valence-corrected chi connectivity index (χ3v) is 4.44. The summed E-state index contributed by atoms with van der Waals surface area (Å²) >= 11 is 0. The molecule has 1 aliphatic rings. The van der Waals surface area contributed by atoms with Gasteiger partial charge in [-0.15, -0.1) is 0 Å². The van der Waals surface area contributed by atoms with Crippen LogP contribution in [0.25, 0.3) is 0 Å². The maximum atomic E-state index is 12.8. The molecule has 0 radical (unpaired) electrons. The number of alkyl halides is 3. The van der Waals surface area contributed by atoms with E-state index in [1.807, 2.05) is 0 Å². The highest BCUT2D eigenvalue weighted by Gasteiger charge is 2.34. The standard InChI is InChI=1S/C16H23F3N2/c1-15(2)8-5-9-21(15)11-14(20-3)12-6-4-7-13(10-12)16(17,18)19/h4,6-7,10,14,20H,5,8-9,11H2,1-3H3. The predicted molar refractivity (Wildman–Crippen MR) is 78.1 cm³/mol. The SMILES string of the molecule is CNC(CN1CCCC1(C)C)c1cccc(C(F)(F)F)c1. The van der Waals surface area contributed by atoms with E-state index in [2.05, 4.69) is 24.1 Å². The quantitative estimate of drug-likeness (QED) is 0.909. The van der Waals surface area contributed by atoms with Crippen molar-refractivity contribution in [3.8, 4) is 0 Å². The number of halogens is 3. The zero-order valence-corrected chi connectivity index (χ0v) is 12.8. The van der Waals surface area contributed by atoms with Crippen LogP contribution in [0.15, 0.2) is 24.3 Å². The van der Waals surface area contributed by atoms with Gasteiger partial charge in [-0.2, -0.15) is 13.2 Å². The Morgan fingerprint density at radius 3 is 2.57 bits per heavy atom. The Morgan fingerprint density at radius 2 is 2.05 bits per heavy atom. The van der Waals surface area contributed by atoms with Gasteiger partial charge in [0.25, 0.3) is 0 Å². The first-order valence-electron chi connectivity index (χ1n) is 7.33. The van der Waals surface area contributed by atoms with Crippen LogP contribution in [0, 0.1) is 0 Å². The van der Waals surface area contributed by atoms with E-state index in [1.54, 1.807) is 13.1 Å². The van der Waals surface area contributed by atoms with Gasteiger partial charge in [0.2, 0.25) is 0 Å². The van der Waals surface area contributed by atoms with Crippen LogP contribution < -0.4 is 5.32 Å². The number of benzene rings is 1. The second-order valence-corrected chi connectivity index (χ2v) is 6.33. The third-order valence-electron chi connectivity index (χ3n) is 4.44. The number of likely N-dealkylation sites (tertiary alicyclic amines) is 1. The Balaban J connectivity index is 2.18. The summed E-state index contributed by atoms with van der Waals surface area (Å²) in [5, 5.41) is 3.15. The van der Waals surface area contributed by atoms with Crippen LogP contribution in [0.5, 0.6) is 0 Å². The second kappa shape index (κ2) is 5.97. The van der Waals surface area contributed by atoms with Gasteiger partial charge in [0.1, 0.15) is 0 Å². The van der Waals surface area contributed by atoms with E-state index in [1.165, 1.54) is 12.1 Å². The van der Waals surface area contributed by atoms with Gasteiger partial charge < -0.3 is 5.32 Å². The molecule has 0 bridgehead atoms. The summed E-state index contributed by atoms with van der Waals surface area (Å²) < 4.78 is 38.5. The monoisotopic (exact) mass is 300 g/mol. The minimum absolute atomic E-state index is 0.0929. The molecule has 1 fully saturated rings. The van der Waals surface area contributed by atoms with Crippen LogP contribution in [0.2, 0.25) is 0 Å². The molecule has 1 heterocycles. The van der Waals surface area contributed by atoms with E-state index in [-0.39, 0.29) is 11.6 Å². The van der Waals surface area contributed by atoms with E-state index < -0.39 is 11.7 Å². The lowest BCUT2D eigenvalue weighted by atomic mass is 9.99. The first kappa shape index (κ1) is 16.3. The van der Waals surface area contributed by atoms with Gasteiger partial charge in [-0.05, 0) is 58.0 Å². The first-order valence-corrected chi connectivity index (χ1v) is 7.33. The van der Waals surface area contributed by atoms with E-state index in [0.29, 0.717) is 5.56 Å². The van der Waals surface area contributed by atoms with Gasteiger partial charge in [0.15, 0.2) is 0 Å². The molecular formula is C16H23F3N2. The summed E-state index contributed by atoms with van der Waals surface area (Å²) in [4.78, 5) is 2.36. The highest BCUT2D eigenvalue weighted by atomic mass is 19.4. The van der Waals surface area contributed by atoms with Crippen LogP contribution in [0.1, 0.15) is 43.9 Å². The van der Waals surface area contributed by atoms with Gasteiger partial charge in [-0.25, -0.2) is 0 Å². The summed E-state index contributed by atoms with van der Waals surface area (Å²) in [5.74, 6) is 0. The summed E-state index contributed by atoms with van der Waals surface area (Å²) in [6.07, 6.45) is -2.01. The van der Waals surface area contributed by atoms with Crippen molar-refractivity contribution in [3.05, 3.63) is 35.4 Å². The van der Waals surface area contributed by atoms with Gasteiger partial charge >= 0.3 is 6.18 Å². The summed E-state index contributed by atoms with van der Waals surface area (Å²) in [7, 11) is 1.80. The average molecular weight is 300 g/mol. The third kappa shape index (κ3) is 3.77. The Hall–Kier alpha value is -1.07. The van der Waals surface area contributed by atoms with Crippen LogP contribution in [0.4, 0.5) is 13.2 Å². The molecule has 1 N–H and O–H groups in total. The zero-order chi connectivity index (χ0) is 15.7. The van der Waals surface area contributed by atoms with Gasteiger partial charge in [0.05, 0.1) is 5.56 Å². The summed E-state index contributed by atoms with van der Waals surface area (Å²) in [6.45, 7) is 6.12. The van der Waals surface area contributed by atoms with Crippen LogP contribution >= 0.6 is 0 Å². The fourth-order valence-electron chi connectivity index (χ4n) is 3.02. The number of nitrogens with one attached hydrogen (secondary N) is 1. The maximum absolute atomic E-state index is 12.8. The molecule has 0 aromatic heterocycles. The Morgan fingerprint density at radius 1 is 1.33 bits per heavy atom. The molecule has 0 saturated carbocycles. The molecule has 1 aliphatic heterocycles. The average Bonchev–Trinajstić information content (AvgIpc) is 2.74. The number of likely N-dealkylation sites (N-methyl/N-ethyl adjacent to an activating group) is 1. The van der Waals surface area contributed by atoms with Gasteiger partial charge in [-0.1, -0.05) is 12.1 Å². The topological polar surface area (TPSA) is 15.3 Å². The van der Waals surface area contributed by atoms with Crippen molar-refractivity contribution in [2.45, 2.75) is 44.4 Å². The number of rotatable bonds is 4. The lowest BCUT2D eigenvalue weighted by Crippen LogP contribution is -2.43. The normalized spacial score (nSPS) is 20.7. The van der Waals surface area contributed by atoms with Gasteiger partial charge in [0, 0.05) is 18.1 Å². The molecular weight excluding hydrogens is 277 g/mol. The number of hydrogen-bond donors (Lipinski definition) is 1. The largest absolute Gasteiger partial charge is 0.416 e. The first-order chi connectivity index (χ1) is 9.74. The fourth-order valence-corrected chi connectivity index (χ4v) is 3.02. The molecule has 118 valence electrons. The molecule has 1 atom stereocenters. The molecule has 2 nitrogen and oxygen atoms in total. The minimum Gasteiger partial charge on any atom is -0.312 e. The number of hydrogen-bond acceptors (Lipinski definition) is 2. The smallest absolute Gasteiger partial charge is 0.312 e. The predicted octanol–water partition coefficient (Wildman–Crippen LogP) is 3.84. The molecule has 2 rings (SSSR count). The fraction of sp³-hybridized carbons (Fsp3) is 0.625.